The summed E-state index contributed by atoms with van der Waals surface area (Å²) < 4.78 is 25.2. The maximum atomic E-state index is 14.3. The van der Waals surface area contributed by atoms with Crippen LogP contribution in [0.4, 0.5) is 4.39 Å². The molecule has 3 aromatic carbocycles. The van der Waals surface area contributed by atoms with Crippen LogP contribution in [0.3, 0.4) is 0 Å². The molecule has 2 N–H and O–H groups in total. The van der Waals surface area contributed by atoms with Gasteiger partial charge >= 0.3 is 5.97 Å². The fourth-order valence-corrected chi connectivity index (χ4v) is 3.99. The average Bonchev–Trinajstić information content (AvgIpc) is 3.62. The highest BCUT2D eigenvalue weighted by molar-refractivity contribution is 5.72. The van der Waals surface area contributed by atoms with Gasteiger partial charge in [-0.05, 0) is 66.1 Å². The van der Waals surface area contributed by atoms with E-state index in [0.717, 1.165) is 24.0 Å². The molecule has 0 bridgehead atoms. The van der Waals surface area contributed by atoms with Crippen LogP contribution in [-0.2, 0) is 11.4 Å². The zero-order valence-corrected chi connectivity index (χ0v) is 17.8. The summed E-state index contributed by atoms with van der Waals surface area (Å²) >= 11 is 0. The molecule has 0 heterocycles. The molecule has 1 saturated carbocycles. The van der Waals surface area contributed by atoms with Gasteiger partial charge in [0.2, 0.25) is 0 Å². The van der Waals surface area contributed by atoms with Crippen molar-refractivity contribution in [2.75, 3.05) is 7.11 Å². The number of halogens is 1. The lowest BCUT2D eigenvalue weighted by molar-refractivity contribution is -0.137. The number of carboxylic acids is 1. The smallest absolute Gasteiger partial charge is 0.303 e. The van der Waals surface area contributed by atoms with Gasteiger partial charge in [0.1, 0.15) is 29.7 Å². The van der Waals surface area contributed by atoms with Crippen molar-refractivity contribution in [3.63, 3.8) is 0 Å². The number of ether oxygens (including phenoxy) is 2. The van der Waals surface area contributed by atoms with E-state index in [1.54, 1.807) is 12.1 Å². The van der Waals surface area contributed by atoms with E-state index in [1.807, 2.05) is 24.3 Å². The fraction of sp³-hybridized carbons (Fsp3) is 0.269. The van der Waals surface area contributed by atoms with Crippen molar-refractivity contribution in [3.8, 4) is 28.4 Å². The van der Waals surface area contributed by atoms with E-state index in [-0.39, 0.29) is 30.3 Å². The number of aliphatic carboxylic acids is 1. The third-order valence-electron chi connectivity index (χ3n) is 5.80. The molecule has 0 spiro atoms. The number of carbonyl (C=O) groups is 1. The molecular weight excluding hydrogens is 411 g/mol. The van der Waals surface area contributed by atoms with Gasteiger partial charge in [-0.1, -0.05) is 24.3 Å². The van der Waals surface area contributed by atoms with E-state index in [1.165, 1.54) is 31.4 Å². The zero-order chi connectivity index (χ0) is 22.7. The van der Waals surface area contributed by atoms with Crippen LogP contribution in [0.1, 0.15) is 36.3 Å². The predicted octanol–water partition coefficient (Wildman–Crippen LogP) is 5.75. The van der Waals surface area contributed by atoms with Gasteiger partial charge in [0.05, 0.1) is 13.5 Å². The first-order chi connectivity index (χ1) is 15.4. The van der Waals surface area contributed by atoms with Crippen LogP contribution in [-0.4, -0.2) is 23.3 Å². The first kappa shape index (κ1) is 21.7. The number of hydrogen-bond acceptors (Lipinski definition) is 4. The zero-order valence-electron chi connectivity index (χ0n) is 17.8. The fourth-order valence-electron chi connectivity index (χ4n) is 3.99. The molecule has 5 nitrogen and oxygen atoms in total. The van der Waals surface area contributed by atoms with E-state index < -0.39 is 11.8 Å². The average molecular weight is 436 g/mol. The molecule has 0 radical (unpaired) electrons. The molecule has 1 unspecified atom stereocenters. The lowest BCUT2D eigenvalue weighted by Gasteiger charge is -2.16. The van der Waals surface area contributed by atoms with Gasteiger partial charge in [-0.3, -0.25) is 4.79 Å². The minimum atomic E-state index is -0.786. The minimum Gasteiger partial charge on any atom is -0.507 e. The molecule has 1 aliphatic carbocycles. The van der Waals surface area contributed by atoms with Crippen LogP contribution in [0.25, 0.3) is 11.1 Å². The number of benzene rings is 3. The van der Waals surface area contributed by atoms with Crippen molar-refractivity contribution in [2.45, 2.75) is 31.8 Å². The van der Waals surface area contributed by atoms with E-state index in [9.17, 15) is 19.4 Å². The van der Waals surface area contributed by atoms with Crippen molar-refractivity contribution in [3.05, 3.63) is 77.6 Å². The minimum absolute atomic E-state index is 0.0218. The molecule has 0 amide bonds. The Labute approximate surface area is 186 Å². The van der Waals surface area contributed by atoms with Gasteiger partial charge in [0.15, 0.2) is 0 Å². The van der Waals surface area contributed by atoms with Gasteiger partial charge in [-0.2, -0.15) is 0 Å². The Morgan fingerprint density at radius 3 is 2.53 bits per heavy atom. The molecule has 1 atom stereocenters. The number of methoxy groups -OCH3 is 1. The maximum absolute atomic E-state index is 14.3. The third-order valence-corrected chi connectivity index (χ3v) is 5.80. The molecule has 4 rings (SSSR count). The molecule has 6 heteroatoms. The molecule has 166 valence electrons. The second-order valence-corrected chi connectivity index (χ2v) is 8.10. The Morgan fingerprint density at radius 2 is 1.84 bits per heavy atom. The summed E-state index contributed by atoms with van der Waals surface area (Å²) in [6, 6.07) is 16.9. The number of phenolic OH excluding ortho intramolecular Hbond substituents is 1. The summed E-state index contributed by atoms with van der Waals surface area (Å²) in [6.07, 6.45) is 2.27. The van der Waals surface area contributed by atoms with Crippen molar-refractivity contribution in [2.24, 2.45) is 5.92 Å². The van der Waals surface area contributed by atoms with Crippen LogP contribution in [0, 0.1) is 11.7 Å². The van der Waals surface area contributed by atoms with Crippen LogP contribution >= 0.6 is 0 Å². The summed E-state index contributed by atoms with van der Waals surface area (Å²) in [4.78, 5) is 11.3. The molecule has 32 heavy (non-hydrogen) atoms. The predicted molar refractivity (Wildman–Crippen MR) is 119 cm³/mol. The number of aromatic hydroxyl groups is 1. The second-order valence-electron chi connectivity index (χ2n) is 8.10. The Bertz CT molecular complexity index is 1120. The van der Waals surface area contributed by atoms with Gasteiger partial charge in [-0.15, -0.1) is 0 Å². The monoisotopic (exact) mass is 436 g/mol. The quantitative estimate of drug-likeness (QED) is 0.446. The van der Waals surface area contributed by atoms with E-state index in [2.05, 4.69) is 0 Å². The van der Waals surface area contributed by atoms with Gasteiger partial charge in [0.25, 0.3) is 0 Å². The standard InChI is InChI=1S/C26H25FO5/c1-31-19-8-10-24(27)23(12-19)21-9-7-20(13-25(21)28)32-15-16-3-2-4-18(11-16)22(14-26(29)30)17-5-6-17/h2-4,7-13,17,22,28H,5-6,14-15H2,1H3,(H,29,30). The van der Waals surface area contributed by atoms with Gasteiger partial charge < -0.3 is 19.7 Å². The highest BCUT2D eigenvalue weighted by atomic mass is 19.1. The van der Waals surface area contributed by atoms with E-state index in [0.29, 0.717) is 23.0 Å². The number of hydrogen-bond donors (Lipinski definition) is 2. The van der Waals surface area contributed by atoms with Crippen LogP contribution in [0.15, 0.2) is 60.7 Å². The lowest BCUT2D eigenvalue weighted by atomic mass is 9.90. The summed E-state index contributed by atoms with van der Waals surface area (Å²) in [7, 11) is 1.50. The lowest BCUT2D eigenvalue weighted by Crippen LogP contribution is -2.09. The number of rotatable bonds is 9. The number of phenols is 1. The van der Waals surface area contributed by atoms with Crippen LogP contribution in [0.2, 0.25) is 0 Å². The van der Waals surface area contributed by atoms with Crippen molar-refractivity contribution in [1.29, 1.82) is 0 Å². The van der Waals surface area contributed by atoms with Crippen LogP contribution < -0.4 is 9.47 Å². The Kier molecular flexibility index (Phi) is 6.30. The highest BCUT2D eigenvalue weighted by Crippen LogP contribution is 2.44. The molecule has 0 aromatic heterocycles. The van der Waals surface area contributed by atoms with Gasteiger partial charge in [0, 0.05) is 17.2 Å². The second kappa shape index (κ2) is 9.30. The Hall–Kier alpha value is -3.54. The first-order valence-electron chi connectivity index (χ1n) is 10.5. The number of carboxylic acid groups (broad SMARTS) is 1. The molecule has 0 aliphatic heterocycles. The normalized spacial score (nSPS) is 14.1. The summed E-state index contributed by atoms with van der Waals surface area (Å²) in [5.74, 6) is 0.0540. The topological polar surface area (TPSA) is 76.0 Å². The Balaban J connectivity index is 1.48. The van der Waals surface area contributed by atoms with Crippen molar-refractivity contribution < 1.29 is 28.9 Å². The highest BCUT2D eigenvalue weighted by Gasteiger charge is 2.33. The third kappa shape index (κ3) is 5.02. The SMILES string of the molecule is COc1ccc(F)c(-c2ccc(OCc3cccc(C(CC(=O)O)C4CC4)c3)cc2O)c1. The summed E-state index contributed by atoms with van der Waals surface area (Å²) in [6.45, 7) is 0.268. The summed E-state index contributed by atoms with van der Waals surface area (Å²) in [5.41, 5.74) is 2.52. The molecular formula is C26H25FO5. The Morgan fingerprint density at radius 1 is 1.06 bits per heavy atom. The first-order valence-corrected chi connectivity index (χ1v) is 10.5. The molecule has 0 saturated heterocycles. The van der Waals surface area contributed by atoms with E-state index in [4.69, 9.17) is 9.47 Å². The van der Waals surface area contributed by atoms with Gasteiger partial charge in [-0.25, -0.2) is 4.39 Å². The molecule has 1 fully saturated rings. The summed E-state index contributed by atoms with van der Waals surface area (Å²) in [5, 5.41) is 19.7. The van der Waals surface area contributed by atoms with E-state index >= 15 is 0 Å². The maximum Gasteiger partial charge on any atom is 0.303 e. The molecule has 3 aromatic rings. The van der Waals surface area contributed by atoms with Crippen molar-refractivity contribution >= 4 is 5.97 Å². The molecule has 1 aliphatic rings. The largest absolute Gasteiger partial charge is 0.507 e. The van der Waals surface area contributed by atoms with Crippen molar-refractivity contribution in [1.82, 2.24) is 0 Å². The van der Waals surface area contributed by atoms with Crippen LogP contribution in [0.5, 0.6) is 17.2 Å².